The number of alkyl halides is 2. The van der Waals surface area contributed by atoms with Gasteiger partial charge in [0.2, 0.25) is 0 Å². The summed E-state index contributed by atoms with van der Waals surface area (Å²) in [6, 6.07) is 14.6. The van der Waals surface area contributed by atoms with Gasteiger partial charge in [-0.05, 0) is 30.3 Å². The normalized spacial score (nSPS) is 10.6. The zero-order chi connectivity index (χ0) is 18.5. The standard InChI is InChI=1S/C18H15F2N3O3/c1-25-16-8-3-2-7-13(16)14-10-15(23-22-14)17(24)21-11-5-4-6-12(9-11)26-18(19)20/h2-10,18H,1H3,(H,21,24)(H,22,23). The lowest BCUT2D eigenvalue weighted by Gasteiger charge is -2.07. The number of ether oxygens (including phenoxy) is 2. The van der Waals surface area contributed by atoms with E-state index in [0.29, 0.717) is 17.1 Å². The third-order valence-electron chi connectivity index (χ3n) is 3.52. The molecule has 0 aliphatic heterocycles. The zero-order valence-corrected chi connectivity index (χ0v) is 13.7. The van der Waals surface area contributed by atoms with Gasteiger partial charge in [-0.15, -0.1) is 0 Å². The number of hydrogen-bond donors (Lipinski definition) is 2. The minimum Gasteiger partial charge on any atom is -0.496 e. The molecule has 6 nitrogen and oxygen atoms in total. The minimum absolute atomic E-state index is 0.0443. The Labute approximate surface area is 147 Å². The van der Waals surface area contributed by atoms with Gasteiger partial charge in [0.05, 0.1) is 12.8 Å². The highest BCUT2D eigenvalue weighted by atomic mass is 19.3. The second-order valence-electron chi connectivity index (χ2n) is 5.23. The van der Waals surface area contributed by atoms with Crippen LogP contribution in [0.25, 0.3) is 11.3 Å². The number of nitrogens with one attached hydrogen (secondary N) is 2. The van der Waals surface area contributed by atoms with Crippen molar-refractivity contribution in [3.05, 3.63) is 60.3 Å². The van der Waals surface area contributed by atoms with Crippen LogP contribution >= 0.6 is 0 Å². The molecule has 0 saturated carbocycles. The maximum Gasteiger partial charge on any atom is 0.387 e. The van der Waals surface area contributed by atoms with Crippen molar-refractivity contribution < 1.29 is 23.0 Å². The molecule has 0 aliphatic rings. The number of aromatic amines is 1. The van der Waals surface area contributed by atoms with E-state index in [1.807, 2.05) is 18.2 Å². The molecule has 2 aromatic carbocycles. The highest BCUT2D eigenvalue weighted by Gasteiger charge is 2.14. The van der Waals surface area contributed by atoms with E-state index in [0.717, 1.165) is 5.56 Å². The molecule has 0 saturated heterocycles. The zero-order valence-electron chi connectivity index (χ0n) is 13.7. The van der Waals surface area contributed by atoms with Crippen molar-refractivity contribution >= 4 is 11.6 Å². The van der Waals surface area contributed by atoms with E-state index < -0.39 is 12.5 Å². The highest BCUT2D eigenvalue weighted by Crippen LogP contribution is 2.28. The smallest absolute Gasteiger partial charge is 0.387 e. The summed E-state index contributed by atoms with van der Waals surface area (Å²) in [6.45, 7) is -2.93. The van der Waals surface area contributed by atoms with Gasteiger partial charge in [0.15, 0.2) is 0 Å². The summed E-state index contributed by atoms with van der Waals surface area (Å²) in [5, 5.41) is 9.38. The molecule has 1 aromatic heterocycles. The Hall–Kier alpha value is -3.42. The van der Waals surface area contributed by atoms with E-state index in [-0.39, 0.29) is 11.4 Å². The number of halogens is 2. The number of methoxy groups -OCH3 is 1. The first kappa shape index (κ1) is 17.4. The Bertz CT molecular complexity index is 912. The maximum absolute atomic E-state index is 12.3. The Morgan fingerprint density at radius 1 is 1.15 bits per heavy atom. The molecule has 0 spiro atoms. The summed E-state index contributed by atoms with van der Waals surface area (Å²) in [5.74, 6) is 0.118. The number of nitrogens with zero attached hydrogens (tertiary/aromatic N) is 1. The number of amides is 1. The average Bonchev–Trinajstić information content (AvgIpc) is 3.11. The molecule has 8 heteroatoms. The van der Waals surface area contributed by atoms with Gasteiger partial charge in [0, 0.05) is 17.3 Å². The van der Waals surface area contributed by atoms with Gasteiger partial charge in [-0.3, -0.25) is 9.89 Å². The van der Waals surface area contributed by atoms with Gasteiger partial charge in [0.25, 0.3) is 5.91 Å². The number of benzene rings is 2. The summed E-state index contributed by atoms with van der Waals surface area (Å²) in [4.78, 5) is 12.3. The number of rotatable bonds is 6. The first-order chi connectivity index (χ1) is 12.6. The number of aromatic nitrogens is 2. The quantitative estimate of drug-likeness (QED) is 0.699. The van der Waals surface area contributed by atoms with Crippen molar-refractivity contribution in [2.75, 3.05) is 12.4 Å². The number of anilines is 1. The molecule has 2 N–H and O–H groups in total. The number of H-pyrrole nitrogens is 1. The van der Waals surface area contributed by atoms with E-state index in [4.69, 9.17) is 4.74 Å². The van der Waals surface area contributed by atoms with Crippen LogP contribution in [-0.2, 0) is 0 Å². The lowest BCUT2D eigenvalue weighted by molar-refractivity contribution is -0.0497. The second kappa shape index (κ2) is 7.64. The predicted octanol–water partition coefficient (Wildman–Crippen LogP) is 3.94. The molecule has 3 rings (SSSR count). The number of para-hydroxylation sites is 1. The van der Waals surface area contributed by atoms with Gasteiger partial charge in [-0.1, -0.05) is 18.2 Å². The lowest BCUT2D eigenvalue weighted by atomic mass is 10.1. The minimum atomic E-state index is -2.93. The van der Waals surface area contributed by atoms with Crippen LogP contribution in [0.1, 0.15) is 10.5 Å². The molecule has 1 amide bonds. The van der Waals surface area contributed by atoms with Crippen LogP contribution in [0, 0.1) is 0 Å². The van der Waals surface area contributed by atoms with Crippen molar-refractivity contribution in [3.8, 4) is 22.8 Å². The third-order valence-corrected chi connectivity index (χ3v) is 3.52. The van der Waals surface area contributed by atoms with Crippen LogP contribution in [0.4, 0.5) is 14.5 Å². The Kier molecular flexibility index (Phi) is 5.12. The van der Waals surface area contributed by atoms with Gasteiger partial charge in [-0.25, -0.2) is 0 Å². The molecule has 134 valence electrons. The van der Waals surface area contributed by atoms with E-state index in [2.05, 4.69) is 20.3 Å². The number of carbonyl (C=O) groups excluding carboxylic acids is 1. The monoisotopic (exact) mass is 359 g/mol. The molecule has 0 unspecified atom stereocenters. The molecule has 3 aromatic rings. The maximum atomic E-state index is 12.3. The first-order valence-corrected chi connectivity index (χ1v) is 7.62. The molecule has 0 fully saturated rings. The van der Waals surface area contributed by atoms with Crippen LogP contribution in [-0.4, -0.2) is 29.8 Å². The summed E-state index contributed by atoms with van der Waals surface area (Å²) in [5.41, 5.74) is 1.81. The summed E-state index contributed by atoms with van der Waals surface area (Å²) in [6.07, 6.45) is 0. The first-order valence-electron chi connectivity index (χ1n) is 7.62. The Morgan fingerprint density at radius 3 is 2.73 bits per heavy atom. The Balaban J connectivity index is 1.76. The Morgan fingerprint density at radius 2 is 1.96 bits per heavy atom. The fourth-order valence-corrected chi connectivity index (χ4v) is 2.38. The van der Waals surface area contributed by atoms with Gasteiger partial charge >= 0.3 is 6.61 Å². The van der Waals surface area contributed by atoms with Crippen molar-refractivity contribution in [2.24, 2.45) is 0 Å². The highest BCUT2D eigenvalue weighted by molar-refractivity contribution is 6.03. The van der Waals surface area contributed by atoms with Crippen LogP contribution < -0.4 is 14.8 Å². The molecule has 0 bridgehead atoms. The molecular weight excluding hydrogens is 344 g/mol. The summed E-state index contributed by atoms with van der Waals surface area (Å²) in [7, 11) is 1.55. The van der Waals surface area contributed by atoms with E-state index in [1.165, 1.54) is 18.2 Å². The SMILES string of the molecule is COc1ccccc1-c1cc(C(=O)Nc2cccc(OC(F)F)c2)[nH]n1. The lowest BCUT2D eigenvalue weighted by Crippen LogP contribution is -2.12. The van der Waals surface area contributed by atoms with Crippen molar-refractivity contribution in [3.63, 3.8) is 0 Å². The van der Waals surface area contributed by atoms with E-state index in [9.17, 15) is 13.6 Å². The molecular formula is C18H15F2N3O3. The second-order valence-corrected chi connectivity index (χ2v) is 5.23. The molecule has 0 atom stereocenters. The fourth-order valence-electron chi connectivity index (χ4n) is 2.38. The largest absolute Gasteiger partial charge is 0.496 e. The number of carbonyl (C=O) groups is 1. The predicted molar refractivity (Wildman–Crippen MR) is 91.6 cm³/mol. The van der Waals surface area contributed by atoms with Crippen LogP contribution in [0.2, 0.25) is 0 Å². The average molecular weight is 359 g/mol. The van der Waals surface area contributed by atoms with Gasteiger partial charge < -0.3 is 14.8 Å². The van der Waals surface area contributed by atoms with Crippen molar-refractivity contribution in [1.29, 1.82) is 0 Å². The van der Waals surface area contributed by atoms with Crippen LogP contribution in [0.5, 0.6) is 11.5 Å². The molecule has 0 radical (unpaired) electrons. The van der Waals surface area contributed by atoms with Gasteiger partial charge in [0.1, 0.15) is 17.2 Å². The molecule has 0 aliphatic carbocycles. The van der Waals surface area contributed by atoms with Crippen LogP contribution in [0.3, 0.4) is 0 Å². The van der Waals surface area contributed by atoms with Crippen molar-refractivity contribution in [2.45, 2.75) is 6.61 Å². The number of hydrogen-bond acceptors (Lipinski definition) is 4. The van der Waals surface area contributed by atoms with Crippen LogP contribution in [0.15, 0.2) is 54.6 Å². The van der Waals surface area contributed by atoms with Crippen molar-refractivity contribution in [1.82, 2.24) is 10.2 Å². The fraction of sp³-hybridized carbons (Fsp3) is 0.111. The molecule has 1 heterocycles. The summed E-state index contributed by atoms with van der Waals surface area (Å²) >= 11 is 0. The van der Waals surface area contributed by atoms with Gasteiger partial charge in [-0.2, -0.15) is 13.9 Å². The van der Waals surface area contributed by atoms with E-state index in [1.54, 1.807) is 25.3 Å². The third kappa shape index (κ3) is 3.97. The summed E-state index contributed by atoms with van der Waals surface area (Å²) < 4.78 is 34.1. The topological polar surface area (TPSA) is 76.2 Å². The van der Waals surface area contributed by atoms with E-state index >= 15 is 0 Å². The molecule has 26 heavy (non-hydrogen) atoms.